The lowest BCUT2D eigenvalue weighted by Gasteiger charge is -2.48. The van der Waals surface area contributed by atoms with E-state index in [-0.39, 0.29) is 32.3 Å². The summed E-state index contributed by atoms with van der Waals surface area (Å²) in [5, 5.41) is 8.14. The van der Waals surface area contributed by atoms with Crippen LogP contribution < -0.4 is 0 Å². The van der Waals surface area contributed by atoms with Crippen molar-refractivity contribution in [1.82, 2.24) is 0 Å². The Hall–Kier alpha value is -7.21. The van der Waals surface area contributed by atoms with Crippen LogP contribution in [0.5, 0.6) is 0 Å². The number of nitrogens with zero attached hydrogens (tertiary/aromatic N) is 6. The van der Waals surface area contributed by atoms with Gasteiger partial charge in [-0.25, -0.2) is 9.59 Å². The average molecular weight is 1010 g/mol. The molecule has 0 spiro atoms. The predicted octanol–water partition coefficient (Wildman–Crippen LogP) is 10.9. The second kappa shape index (κ2) is 25.0. The highest BCUT2D eigenvalue weighted by Gasteiger charge is 2.55. The molecule has 6 aromatic rings. The fraction of sp³-hybridized carbons (Fsp3) is 0.309. The van der Waals surface area contributed by atoms with Gasteiger partial charge in [0.25, 0.3) is 0 Å². The minimum atomic E-state index is -1.56. The first kappa shape index (κ1) is 50.7. The van der Waals surface area contributed by atoms with E-state index >= 15 is 0 Å². The monoisotopic (exact) mass is 1000 g/mol. The highest BCUT2D eigenvalue weighted by molar-refractivity contribution is 7.99. The van der Waals surface area contributed by atoms with Crippen LogP contribution in [0.25, 0.3) is 32.0 Å². The highest BCUT2D eigenvalue weighted by Crippen LogP contribution is 2.45. The van der Waals surface area contributed by atoms with E-state index in [1.807, 2.05) is 158 Å². The molecule has 17 nitrogen and oxygen atoms in total. The number of hydrogen-bond acceptors (Lipinski definition) is 14. The molecule has 3 aliphatic rings. The summed E-state index contributed by atoms with van der Waals surface area (Å²) in [6.45, 7) is -0.226. The Morgan fingerprint density at radius 1 is 0.562 bits per heavy atom. The van der Waals surface area contributed by atoms with Crippen LogP contribution in [0.4, 0.5) is 4.79 Å². The molecule has 0 aromatic heterocycles. The first-order valence-electron chi connectivity index (χ1n) is 23.7. The zero-order valence-electron chi connectivity index (χ0n) is 39.6. The molecule has 2 fully saturated rings. The van der Waals surface area contributed by atoms with Crippen LogP contribution in [0.3, 0.4) is 0 Å². The summed E-state index contributed by atoms with van der Waals surface area (Å²) in [6, 6.07) is 51.0. The van der Waals surface area contributed by atoms with Gasteiger partial charge in [0.15, 0.2) is 12.4 Å². The third-order valence-corrected chi connectivity index (χ3v) is 13.9. The highest BCUT2D eigenvalue weighted by atomic mass is 32.2. The van der Waals surface area contributed by atoms with Gasteiger partial charge in [-0.3, -0.25) is 0 Å². The summed E-state index contributed by atoms with van der Waals surface area (Å²) >= 11 is 1.17. The van der Waals surface area contributed by atoms with Crippen LogP contribution in [0, 0.1) is 0 Å². The van der Waals surface area contributed by atoms with Crippen molar-refractivity contribution in [1.29, 1.82) is 0 Å². The molecule has 0 saturated carbocycles. The molecular formula is C55H52N6O11S. The quantitative estimate of drug-likeness (QED) is 0.0302. The van der Waals surface area contributed by atoms with E-state index in [2.05, 4.69) is 32.2 Å². The Morgan fingerprint density at radius 2 is 1.04 bits per heavy atom. The van der Waals surface area contributed by atoms with Crippen molar-refractivity contribution in [2.45, 2.75) is 91.1 Å². The molecule has 73 heavy (non-hydrogen) atoms. The van der Waals surface area contributed by atoms with Crippen molar-refractivity contribution in [2.75, 3.05) is 20.3 Å². The molecule has 0 bridgehead atoms. The van der Waals surface area contributed by atoms with E-state index in [9.17, 15) is 20.7 Å². The number of carbonyl (C=O) groups is 2. The van der Waals surface area contributed by atoms with Gasteiger partial charge >= 0.3 is 12.1 Å². The van der Waals surface area contributed by atoms with Crippen molar-refractivity contribution in [3.8, 4) is 11.1 Å². The lowest BCUT2D eigenvalue weighted by molar-refractivity contribution is -0.343. The van der Waals surface area contributed by atoms with Crippen molar-refractivity contribution < 1.29 is 52.2 Å². The van der Waals surface area contributed by atoms with E-state index in [4.69, 9.17) is 42.6 Å². The molecule has 18 heteroatoms. The maximum Gasteiger partial charge on any atom is 0.508 e. The van der Waals surface area contributed by atoms with Crippen molar-refractivity contribution in [3.05, 3.63) is 219 Å². The van der Waals surface area contributed by atoms with E-state index < -0.39 is 79.2 Å². The summed E-state index contributed by atoms with van der Waals surface area (Å²) in [7, 11) is 1.19. The number of rotatable bonds is 20. The summed E-state index contributed by atoms with van der Waals surface area (Å²) in [6.07, 6.45) is -9.91. The second-order valence-corrected chi connectivity index (χ2v) is 18.5. The van der Waals surface area contributed by atoms with Crippen LogP contribution >= 0.6 is 11.8 Å². The number of carbonyl (C=O) groups excluding carboxylic acids is 2. The van der Waals surface area contributed by atoms with Crippen LogP contribution in [0.1, 0.15) is 33.7 Å². The molecule has 2 heterocycles. The van der Waals surface area contributed by atoms with Crippen LogP contribution in [0.2, 0.25) is 0 Å². The number of thioether (sulfide) groups is 1. The molecule has 2 aliphatic heterocycles. The van der Waals surface area contributed by atoms with E-state index in [0.29, 0.717) is 0 Å². The molecule has 374 valence electrons. The summed E-state index contributed by atoms with van der Waals surface area (Å²) in [5.74, 6) is -1.09. The lowest BCUT2D eigenvalue weighted by Crippen LogP contribution is -2.65. The molecule has 0 amide bonds. The number of hydrogen-bond donors (Lipinski definition) is 0. The largest absolute Gasteiger partial charge is 0.508 e. The Morgan fingerprint density at radius 3 is 1.59 bits per heavy atom. The van der Waals surface area contributed by atoms with Crippen molar-refractivity contribution >= 4 is 23.9 Å². The van der Waals surface area contributed by atoms with Gasteiger partial charge < -0.3 is 42.6 Å². The molecule has 0 unspecified atom stereocenters. The fourth-order valence-electron chi connectivity index (χ4n) is 9.33. The SMILES string of the molecule is COC(=O)[C@H]1O[C@@H](Sc2ccccc2)[C@@H](N=[N+]=[N-])[C@@H](N=[N+]=[N-])[C@@H]1O[C@H]1O[C@H](COC(=O)OCC2c3ccccc3-c3ccccc32)[C@@H](OCc2ccccc2)[C@H](OCc2ccccc2)[C@H]1OCc1ccccc1. The van der Waals surface area contributed by atoms with Crippen LogP contribution in [0.15, 0.2) is 185 Å². The normalized spacial score (nSPS) is 24.2. The number of methoxy groups -OCH3 is 1. The van der Waals surface area contributed by atoms with Gasteiger partial charge in [-0.05, 0) is 62.1 Å². The predicted molar refractivity (Wildman–Crippen MR) is 268 cm³/mol. The average Bonchev–Trinajstić information content (AvgIpc) is 3.76. The number of ether oxygens (including phenoxy) is 9. The van der Waals surface area contributed by atoms with Crippen molar-refractivity contribution in [3.63, 3.8) is 0 Å². The Bertz CT molecular complexity index is 2820. The number of fused-ring (bicyclic) bond motifs is 3. The van der Waals surface area contributed by atoms with Gasteiger partial charge in [0, 0.05) is 20.6 Å². The van der Waals surface area contributed by atoms with Crippen molar-refractivity contribution in [2.24, 2.45) is 10.2 Å². The van der Waals surface area contributed by atoms with E-state index in [1.165, 1.54) is 18.9 Å². The smallest absolute Gasteiger partial charge is 0.467 e. The molecule has 10 atom stereocenters. The van der Waals surface area contributed by atoms with Gasteiger partial charge in [-0.15, -0.1) is 0 Å². The molecule has 9 rings (SSSR count). The third kappa shape index (κ3) is 12.4. The summed E-state index contributed by atoms with van der Waals surface area (Å²) in [5.41, 5.74) is 25.6. The summed E-state index contributed by atoms with van der Waals surface area (Å²) < 4.78 is 57.7. The molecule has 1 aliphatic carbocycles. The Balaban J connectivity index is 1.07. The summed E-state index contributed by atoms with van der Waals surface area (Å²) in [4.78, 5) is 34.6. The fourth-order valence-corrected chi connectivity index (χ4v) is 10.4. The van der Waals surface area contributed by atoms with Gasteiger partial charge in [-0.2, -0.15) is 0 Å². The van der Waals surface area contributed by atoms with Gasteiger partial charge in [0.1, 0.15) is 49.2 Å². The third-order valence-electron chi connectivity index (χ3n) is 12.8. The molecular weight excluding hydrogens is 953 g/mol. The van der Waals surface area contributed by atoms with Crippen LogP contribution in [-0.2, 0) is 67.2 Å². The lowest BCUT2D eigenvalue weighted by atomic mass is 9.94. The van der Waals surface area contributed by atoms with Gasteiger partial charge in [0.2, 0.25) is 0 Å². The van der Waals surface area contributed by atoms with Crippen LogP contribution in [-0.4, -0.2) is 92.9 Å². The molecule has 0 radical (unpaired) electrons. The Labute approximate surface area is 425 Å². The molecule has 0 N–H and O–H groups in total. The zero-order valence-corrected chi connectivity index (χ0v) is 40.5. The van der Waals surface area contributed by atoms with Gasteiger partial charge in [-0.1, -0.05) is 180 Å². The first-order valence-corrected chi connectivity index (χ1v) is 24.6. The standard InChI is InChI=1S/C55H52N6O11S/c1-64-52(62)50-48(45(58-60-56)46(59-61-57)54(72-50)73-38-24-12-5-13-25-38)71-53-51(67-32-37-22-10-4-11-23-37)49(66-31-36-20-8-3-9-21-36)47(65-30-35-18-6-2-7-19-35)44(70-53)34-69-55(63)68-33-43-41-28-16-14-26-39(41)40-27-15-17-29-42(40)43/h2-29,43-51,53-54H,30-34H2,1H3/t44-,45-,46+,47-,48+,49+,50+,51-,53-,54+/m1/s1. The maximum atomic E-state index is 13.9. The minimum absolute atomic E-state index is 0.00353. The first-order chi connectivity index (χ1) is 35.9. The zero-order chi connectivity index (χ0) is 50.4. The topological polar surface area (TPSA) is 215 Å². The molecule has 6 aromatic carbocycles. The second-order valence-electron chi connectivity index (χ2n) is 17.3. The number of esters is 1. The van der Waals surface area contributed by atoms with E-state index in [1.54, 1.807) is 0 Å². The number of azide groups is 2. The number of benzene rings is 6. The van der Waals surface area contributed by atoms with E-state index in [0.717, 1.165) is 43.8 Å². The Kier molecular flexibility index (Phi) is 17.3. The maximum absolute atomic E-state index is 13.9. The molecule has 2 saturated heterocycles. The van der Waals surface area contributed by atoms with Gasteiger partial charge in [0.05, 0.1) is 39.0 Å². The minimum Gasteiger partial charge on any atom is -0.467 e.